The molecule has 1 heterocycles. The van der Waals surface area contributed by atoms with Gasteiger partial charge in [-0.25, -0.2) is 4.79 Å². The highest BCUT2D eigenvalue weighted by Crippen LogP contribution is 2.34. The van der Waals surface area contributed by atoms with Crippen molar-refractivity contribution in [1.82, 2.24) is 5.32 Å². The third-order valence-electron chi connectivity index (χ3n) is 5.36. The lowest BCUT2D eigenvalue weighted by Gasteiger charge is -2.33. The van der Waals surface area contributed by atoms with E-state index in [1.54, 1.807) is 0 Å². The average Bonchev–Trinajstić information content (AvgIpc) is 3.05. The van der Waals surface area contributed by atoms with Crippen LogP contribution in [0.3, 0.4) is 0 Å². The molecule has 2 amide bonds. The summed E-state index contributed by atoms with van der Waals surface area (Å²) in [6, 6.07) is 6.04. The Morgan fingerprint density at radius 1 is 1.32 bits per heavy atom. The summed E-state index contributed by atoms with van der Waals surface area (Å²) < 4.78 is 11.5. The summed E-state index contributed by atoms with van der Waals surface area (Å²) >= 11 is 0. The predicted molar refractivity (Wildman–Crippen MR) is 98.7 cm³/mol. The SMILES string of the molecule is Cc1c(COC(C)C)cccc1NC(=O)N[C@@H]1CCC[C@@H]2OCC[C@H]21. The van der Waals surface area contributed by atoms with Gasteiger partial charge in [-0.3, -0.25) is 0 Å². The lowest BCUT2D eigenvalue weighted by molar-refractivity contribution is 0.0553. The monoisotopic (exact) mass is 346 g/mol. The molecule has 5 nitrogen and oxygen atoms in total. The van der Waals surface area contributed by atoms with E-state index >= 15 is 0 Å². The van der Waals surface area contributed by atoms with Crippen molar-refractivity contribution in [2.75, 3.05) is 11.9 Å². The Balaban J connectivity index is 1.60. The van der Waals surface area contributed by atoms with Crippen LogP contribution >= 0.6 is 0 Å². The van der Waals surface area contributed by atoms with E-state index in [4.69, 9.17) is 9.47 Å². The number of benzene rings is 1. The van der Waals surface area contributed by atoms with Gasteiger partial charge in [-0.1, -0.05) is 12.1 Å². The number of fused-ring (bicyclic) bond motifs is 1. The van der Waals surface area contributed by atoms with Gasteiger partial charge >= 0.3 is 6.03 Å². The Bertz CT molecular complexity index is 603. The molecule has 1 aromatic carbocycles. The molecule has 2 aliphatic rings. The maximum Gasteiger partial charge on any atom is 0.319 e. The number of carbonyl (C=O) groups excluding carboxylic acids is 1. The molecule has 1 saturated heterocycles. The molecule has 3 atom stereocenters. The topological polar surface area (TPSA) is 59.6 Å². The lowest BCUT2D eigenvalue weighted by atomic mass is 9.82. The number of rotatable bonds is 5. The van der Waals surface area contributed by atoms with E-state index in [-0.39, 0.29) is 18.2 Å². The third-order valence-corrected chi connectivity index (χ3v) is 5.36. The van der Waals surface area contributed by atoms with Gasteiger partial charge in [-0.2, -0.15) is 0 Å². The molecular weight excluding hydrogens is 316 g/mol. The van der Waals surface area contributed by atoms with Gasteiger partial charge in [0, 0.05) is 24.3 Å². The first-order valence-corrected chi connectivity index (χ1v) is 9.44. The first-order valence-electron chi connectivity index (χ1n) is 9.44. The van der Waals surface area contributed by atoms with E-state index in [1.165, 1.54) is 0 Å². The Hall–Kier alpha value is -1.59. The van der Waals surface area contributed by atoms with Gasteiger partial charge in [0.1, 0.15) is 0 Å². The minimum absolute atomic E-state index is 0.123. The van der Waals surface area contributed by atoms with Crippen LogP contribution in [0, 0.1) is 12.8 Å². The highest BCUT2D eigenvalue weighted by molar-refractivity contribution is 5.90. The molecule has 1 saturated carbocycles. The third kappa shape index (κ3) is 4.53. The second kappa shape index (κ2) is 8.19. The number of hydrogen-bond acceptors (Lipinski definition) is 3. The molecule has 0 bridgehead atoms. The van der Waals surface area contributed by atoms with Gasteiger partial charge < -0.3 is 20.1 Å². The van der Waals surface area contributed by atoms with Crippen LogP contribution < -0.4 is 10.6 Å². The molecule has 2 N–H and O–H groups in total. The van der Waals surface area contributed by atoms with Crippen LogP contribution in [0.5, 0.6) is 0 Å². The van der Waals surface area contributed by atoms with Crippen LogP contribution in [-0.4, -0.2) is 30.9 Å². The number of nitrogens with one attached hydrogen (secondary N) is 2. The molecule has 0 unspecified atom stereocenters. The summed E-state index contributed by atoms with van der Waals surface area (Å²) in [4.78, 5) is 12.5. The van der Waals surface area contributed by atoms with Crippen LogP contribution in [0.1, 0.15) is 50.7 Å². The van der Waals surface area contributed by atoms with Gasteiger partial charge in [0.15, 0.2) is 0 Å². The van der Waals surface area contributed by atoms with Gasteiger partial charge in [0.2, 0.25) is 0 Å². The summed E-state index contributed by atoms with van der Waals surface area (Å²) in [6.07, 6.45) is 4.86. The van der Waals surface area contributed by atoms with Gasteiger partial charge in [0.25, 0.3) is 0 Å². The molecule has 0 aromatic heterocycles. The van der Waals surface area contributed by atoms with Gasteiger partial charge in [0.05, 0.1) is 18.8 Å². The number of ether oxygens (including phenoxy) is 2. The van der Waals surface area contributed by atoms with Crippen LogP contribution in [0.4, 0.5) is 10.5 Å². The summed E-state index contributed by atoms with van der Waals surface area (Å²) in [7, 11) is 0. The van der Waals surface area contributed by atoms with Crippen LogP contribution in [0.2, 0.25) is 0 Å². The van der Waals surface area contributed by atoms with E-state index in [0.29, 0.717) is 18.6 Å². The molecule has 25 heavy (non-hydrogen) atoms. The first kappa shape index (κ1) is 18.2. The fourth-order valence-corrected chi connectivity index (χ4v) is 3.91. The van der Waals surface area contributed by atoms with Crippen molar-refractivity contribution in [3.8, 4) is 0 Å². The summed E-state index contributed by atoms with van der Waals surface area (Å²) in [5.74, 6) is 0.464. The summed E-state index contributed by atoms with van der Waals surface area (Å²) in [5, 5.41) is 6.19. The highest BCUT2D eigenvalue weighted by Gasteiger charge is 2.38. The number of urea groups is 1. The molecule has 1 aliphatic heterocycles. The Kier molecular flexibility index (Phi) is 5.97. The van der Waals surface area contributed by atoms with Crippen LogP contribution in [-0.2, 0) is 16.1 Å². The van der Waals surface area contributed by atoms with E-state index in [0.717, 1.165) is 49.1 Å². The number of amides is 2. The second-order valence-corrected chi connectivity index (χ2v) is 7.45. The van der Waals surface area contributed by atoms with Gasteiger partial charge in [-0.15, -0.1) is 0 Å². The molecule has 138 valence electrons. The van der Waals surface area contributed by atoms with Gasteiger partial charge in [-0.05, 0) is 63.6 Å². The zero-order valence-corrected chi connectivity index (χ0v) is 15.5. The van der Waals surface area contributed by atoms with Crippen molar-refractivity contribution >= 4 is 11.7 Å². The van der Waals surface area contributed by atoms with Crippen molar-refractivity contribution in [3.05, 3.63) is 29.3 Å². The lowest BCUT2D eigenvalue weighted by Crippen LogP contribution is -2.47. The Morgan fingerprint density at radius 3 is 2.96 bits per heavy atom. The van der Waals surface area contributed by atoms with Crippen LogP contribution in [0.15, 0.2) is 18.2 Å². The molecular formula is C20H30N2O3. The zero-order chi connectivity index (χ0) is 17.8. The molecule has 5 heteroatoms. The summed E-state index contributed by atoms with van der Waals surface area (Å²) in [6.45, 7) is 7.46. The van der Waals surface area contributed by atoms with Crippen molar-refractivity contribution < 1.29 is 14.3 Å². The standard InChI is InChI=1S/C20H30N2O3/c1-13(2)25-12-15-6-4-7-17(14(15)3)21-20(23)22-18-8-5-9-19-16(18)10-11-24-19/h4,6-7,13,16,18-19H,5,8-12H2,1-3H3,(H2,21,22,23)/t16-,18+,19-/m0/s1. The maximum atomic E-state index is 12.5. The van der Waals surface area contributed by atoms with E-state index < -0.39 is 0 Å². The number of anilines is 1. The number of carbonyl (C=O) groups is 1. The molecule has 0 radical (unpaired) electrons. The molecule has 0 spiro atoms. The molecule has 1 aliphatic carbocycles. The van der Waals surface area contributed by atoms with Crippen molar-refractivity contribution in [1.29, 1.82) is 0 Å². The summed E-state index contributed by atoms with van der Waals surface area (Å²) in [5.41, 5.74) is 3.01. The molecule has 1 aromatic rings. The van der Waals surface area contributed by atoms with E-state index in [2.05, 4.69) is 10.6 Å². The van der Waals surface area contributed by atoms with Crippen molar-refractivity contribution in [2.24, 2.45) is 5.92 Å². The highest BCUT2D eigenvalue weighted by atomic mass is 16.5. The first-order chi connectivity index (χ1) is 12.0. The molecule has 3 rings (SSSR count). The Labute approximate surface area is 150 Å². The fraction of sp³-hybridized carbons (Fsp3) is 0.650. The molecule has 2 fully saturated rings. The predicted octanol–water partition coefficient (Wildman–Crippen LogP) is 4.00. The largest absolute Gasteiger partial charge is 0.378 e. The quantitative estimate of drug-likeness (QED) is 0.847. The van der Waals surface area contributed by atoms with E-state index in [9.17, 15) is 4.79 Å². The zero-order valence-electron chi connectivity index (χ0n) is 15.5. The smallest absolute Gasteiger partial charge is 0.319 e. The minimum Gasteiger partial charge on any atom is -0.378 e. The fourth-order valence-electron chi connectivity index (χ4n) is 3.91. The normalized spacial score (nSPS) is 25.7. The van der Waals surface area contributed by atoms with Crippen molar-refractivity contribution in [2.45, 2.75) is 71.3 Å². The average molecular weight is 346 g/mol. The maximum absolute atomic E-state index is 12.5. The number of hydrogen-bond donors (Lipinski definition) is 2. The van der Waals surface area contributed by atoms with Crippen LogP contribution in [0.25, 0.3) is 0 Å². The van der Waals surface area contributed by atoms with E-state index in [1.807, 2.05) is 39.0 Å². The Morgan fingerprint density at radius 2 is 2.16 bits per heavy atom. The minimum atomic E-state index is -0.123. The van der Waals surface area contributed by atoms with Crippen molar-refractivity contribution in [3.63, 3.8) is 0 Å². The second-order valence-electron chi connectivity index (χ2n) is 7.45.